The molecule has 7 nitrogen and oxygen atoms in total. The third-order valence-corrected chi connectivity index (χ3v) is 3.83. The van der Waals surface area contributed by atoms with Gasteiger partial charge in [0.15, 0.2) is 6.61 Å². The predicted molar refractivity (Wildman–Crippen MR) is 97.2 cm³/mol. The molecule has 132 valence electrons. The Morgan fingerprint density at radius 3 is 2.64 bits per heavy atom. The van der Waals surface area contributed by atoms with Gasteiger partial charge in [-0.15, -0.1) is 10.2 Å². The molecule has 0 radical (unpaired) electrons. The quantitative estimate of drug-likeness (QED) is 0.702. The van der Waals surface area contributed by atoms with Crippen molar-refractivity contribution >= 4 is 34.4 Å². The molecule has 2 amide bonds. The van der Waals surface area contributed by atoms with Crippen molar-refractivity contribution in [3.8, 4) is 5.75 Å². The molecular weight excluding hydrogens is 340 g/mol. The molecule has 0 saturated carbocycles. The number of nitrogens with two attached hydrogens (primary N) is 1. The van der Waals surface area contributed by atoms with E-state index < -0.39 is 5.91 Å². The Kier molecular flexibility index (Phi) is 6.64. The van der Waals surface area contributed by atoms with Crippen molar-refractivity contribution in [2.24, 2.45) is 11.7 Å². The van der Waals surface area contributed by atoms with Crippen molar-refractivity contribution in [1.29, 1.82) is 0 Å². The maximum absolute atomic E-state index is 11.9. The Labute approximate surface area is 149 Å². The smallest absolute Gasteiger partial charge is 0.255 e. The summed E-state index contributed by atoms with van der Waals surface area (Å²) in [6.45, 7) is 4.04. The summed E-state index contributed by atoms with van der Waals surface area (Å²) in [4.78, 5) is 22.6. The van der Waals surface area contributed by atoms with E-state index in [4.69, 9.17) is 10.5 Å². The van der Waals surface area contributed by atoms with Gasteiger partial charge in [0.05, 0.1) is 0 Å². The van der Waals surface area contributed by atoms with Crippen LogP contribution in [0.15, 0.2) is 30.3 Å². The third-order valence-electron chi connectivity index (χ3n) is 2.97. The van der Waals surface area contributed by atoms with Crippen molar-refractivity contribution in [2.45, 2.75) is 20.3 Å². The molecular formula is C17H20N4O3S. The van der Waals surface area contributed by atoms with Crippen molar-refractivity contribution < 1.29 is 14.3 Å². The summed E-state index contributed by atoms with van der Waals surface area (Å²) in [5, 5.41) is 12.1. The van der Waals surface area contributed by atoms with Crippen LogP contribution in [0.2, 0.25) is 0 Å². The minimum atomic E-state index is -0.533. The van der Waals surface area contributed by atoms with E-state index in [1.165, 1.54) is 17.4 Å². The number of carbonyl (C=O) groups is 2. The number of ether oxygens (including phenoxy) is 1. The number of rotatable bonds is 8. The Morgan fingerprint density at radius 2 is 2.00 bits per heavy atom. The van der Waals surface area contributed by atoms with E-state index in [1.54, 1.807) is 30.3 Å². The van der Waals surface area contributed by atoms with Crippen LogP contribution in [-0.4, -0.2) is 28.6 Å². The van der Waals surface area contributed by atoms with Gasteiger partial charge in [0, 0.05) is 12.5 Å². The van der Waals surface area contributed by atoms with Crippen LogP contribution in [0.3, 0.4) is 0 Å². The number of primary amides is 1. The van der Waals surface area contributed by atoms with Crippen LogP contribution in [-0.2, 0) is 16.0 Å². The summed E-state index contributed by atoms with van der Waals surface area (Å²) in [5.74, 6) is 0.216. The number of hydrogen-bond donors (Lipinski definition) is 2. The van der Waals surface area contributed by atoms with Gasteiger partial charge in [-0.3, -0.25) is 14.9 Å². The summed E-state index contributed by atoms with van der Waals surface area (Å²) < 4.78 is 5.16. The maximum Gasteiger partial charge on any atom is 0.255 e. The molecule has 0 aliphatic carbocycles. The lowest BCUT2D eigenvalue weighted by Gasteiger charge is -2.03. The molecule has 1 aromatic heterocycles. The lowest BCUT2D eigenvalue weighted by atomic mass is 10.1. The van der Waals surface area contributed by atoms with Crippen molar-refractivity contribution in [3.63, 3.8) is 0 Å². The fourth-order valence-corrected chi connectivity index (χ4v) is 2.84. The van der Waals surface area contributed by atoms with E-state index in [9.17, 15) is 9.59 Å². The number of nitrogens with one attached hydrogen (secondary N) is 1. The average Bonchev–Trinajstić information content (AvgIpc) is 2.98. The van der Waals surface area contributed by atoms with Crippen LogP contribution in [0.1, 0.15) is 24.4 Å². The van der Waals surface area contributed by atoms with Gasteiger partial charge < -0.3 is 10.5 Å². The highest BCUT2D eigenvalue weighted by atomic mass is 32.1. The van der Waals surface area contributed by atoms with E-state index in [0.29, 0.717) is 16.8 Å². The molecule has 0 atom stereocenters. The van der Waals surface area contributed by atoms with Gasteiger partial charge in [-0.05, 0) is 29.7 Å². The zero-order chi connectivity index (χ0) is 18.2. The molecule has 2 rings (SSSR count). The number of anilines is 1. The predicted octanol–water partition coefficient (Wildman–Crippen LogP) is 2.25. The van der Waals surface area contributed by atoms with E-state index in [2.05, 4.69) is 29.4 Å². The topological polar surface area (TPSA) is 107 Å². The summed E-state index contributed by atoms with van der Waals surface area (Å²) in [6, 6.07) is 6.94. The molecule has 0 bridgehead atoms. The van der Waals surface area contributed by atoms with Crippen LogP contribution in [0.4, 0.5) is 5.13 Å². The van der Waals surface area contributed by atoms with E-state index >= 15 is 0 Å². The van der Waals surface area contributed by atoms with Gasteiger partial charge in [-0.1, -0.05) is 37.3 Å². The second kappa shape index (κ2) is 8.93. The van der Waals surface area contributed by atoms with E-state index in [0.717, 1.165) is 17.0 Å². The number of hydrogen-bond acceptors (Lipinski definition) is 6. The SMILES string of the molecule is CC(C)Cc1nnc(NC(=O)/C=C/c2ccc(OCC(N)=O)cc2)s1. The fourth-order valence-electron chi connectivity index (χ4n) is 1.88. The first-order valence-electron chi connectivity index (χ1n) is 7.75. The first-order valence-corrected chi connectivity index (χ1v) is 8.56. The molecule has 0 fully saturated rings. The monoisotopic (exact) mass is 360 g/mol. The Hall–Kier alpha value is -2.74. The zero-order valence-electron chi connectivity index (χ0n) is 14.1. The summed E-state index contributed by atoms with van der Waals surface area (Å²) >= 11 is 1.38. The number of aromatic nitrogens is 2. The molecule has 0 saturated heterocycles. The Bertz CT molecular complexity index is 754. The number of amides is 2. The van der Waals surface area contributed by atoms with Crippen molar-refractivity contribution in [1.82, 2.24) is 10.2 Å². The second-order valence-corrected chi connectivity index (χ2v) is 6.81. The molecule has 1 heterocycles. The Balaban J connectivity index is 1.87. The minimum absolute atomic E-state index is 0.168. The van der Waals surface area contributed by atoms with Crippen molar-refractivity contribution in [3.05, 3.63) is 40.9 Å². The Morgan fingerprint density at radius 1 is 1.28 bits per heavy atom. The molecule has 8 heteroatoms. The molecule has 0 spiro atoms. The highest BCUT2D eigenvalue weighted by Crippen LogP contribution is 2.18. The second-order valence-electron chi connectivity index (χ2n) is 5.75. The molecule has 1 aromatic carbocycles. The summed E-state index contributed by atoms with van der Waals surface area (Å²) in [7, 11) is 0. The lowest BCUT2D eigenvalue weighted by molar-refractivity contribution is -0.120. The zero-order valence-corrected chi connectivity index (χ0v) is 14.9. The normalized spacial score (nSPS) is 11.0. The lowest BCUT2D eigenvalue weighted by Crippen LogP contribution is -2.19. The van der Waals surface area contributed by atoms with E-state index in [-0.39, 0.29) is 12.5 Å². The standard InChI is InChI=1S/C17H20N4O3S/c1-11(2)9-16-20-21-17(25-16)19-15(23)8-5-12-3-6-13(7-4-12)24-10-14(18)22/h3-8,11H,9-10H2,1-2H3,(H2,18,22)(H,19,21,23)/b8-5+. The van der Waals surface area contributed by atoms with Crippen LogP contribution < -0.4 is 15.8 Å². The fraction of sp³-hybridized carbons (Fsp3) is 0.294. The maximum atomic E-state index is 11.9. The third kappa shape index (κ3) is 6.72. The van der Waals surface area contributed by atoms with Crippen LogP contribution in [0, 0.1) is 5.92 Å². The molecule has 0 aliphatic heterocycles. The van der Waals surface area contributed by atoms with Gasteiger partial charge in [0.1, 0.15) is 10.8 Å². The van der Waals surface area contributed by atoms with Gasteiger partial charge in [-0.2, -0.15) is 0 Å². The molecule has 0 unspecified atom stereocenters. The number of benzene rings is 1. The van der Waals surface area contributed by atoms with Gasteiger partial charge in [0.2, 0.25) is 11.0 Å². The largest absolute Gasteiger partial charge is 0.484 e. The van der Waals surface area contributed by atoms with Crippen LogP contribution >= 0.6 is 11.3 Å². The number of nitrogens with zero attached hydrogens (tertiary/aromatic N) is 2. The average molecular weight is 360 g/mol. The van der Waals surface area contributed by atoms with Gasteiger partial charge in [-0.25, -0.2) is 0 Å². The van der Waals surface area contributed by atoms with Crippen LogP contribution in [0.25, 0.3) is 6.08 Å². The summed E-state index contributed by atoms with van der Waals surface area (Å²) in [5.41, 5.74) is 5.83. The minimum Gasteiger partial charge on any atom is -0.484 e. The van der Waals surface area contributed by atoms with Gasteiger partial charge in [0.25, 0.3) is 5.91 Å². The molecule has 25 heavy (non-hydrogen) atoms. The first kappa shape index (κ1) is 18.6. The first-order chi connectivity index (χ1) is 11.9. The molecule has 2 aromatic rings. The highest BCUT2D eigenvalue weighted by Gasteiger charge is 2.07. The van der Waals surface area contributed by atoms with E-state index in [1.807, 2.05) is 0 Å². The molecule has 3 N–H and O–H groups in total. The molecule has 0 aliphatic rings. The van der Waals surface area contributed by atoms with Crippen molar-refractivity contribution in [2.75, 3.05) is 11.9 Å². The van der Waals surface area contributed by atoms with Gasteiger partial charge >= 0.3 is 0 Å². The number of carbonyl (C=O) groups excluding carboxylic acids is 2. The summed E-state index contributed by atoms with van der Waals surface area (Å²) in [6.07, 6.45) is 3.93. The van der Waals surface area contributed by atoms with Crippen LogP contribution in [0.5, 0.6) is 5.75 Å². The highest BCUT2D eigenvalue weighted by molar-refractivity contribution is 7.15.